The van der Waals surface area contributed by atoms with E-state index in [1.165, 1.54) is 10.4 Å². The summed E-state index contributed by atoms with van der Waals surface area (Å²) in [5.41, 5.74) is 0.944. The van der Waals surface area contributed by atoms with Gasteiger partial charge in [0.05, 0.1) is 10.6 Å². The first-order valence-corrected chi connectivity index (χ1v) is 11.2. The topological polar surface area (TPSA) is 66.5 Å². The van der Waals surface area contributed by atoms with Gasteiger partial charge in [0.1, 0.15) is 0 Å². The summed E-state index contributed by atoms with van der Waals surface area (Å²) in [5.74, 6) is 0.301. The van der Waals surface area contributed by atoms with Gasteiger partial charge in [-0.3, -0.25) is 4.79 Å². The van der Waals surface area contributed by atoms with E-state index in [4.69, 9.17) is 0 Å². The third-order valence-electron chi connectivity index (χ3n) is 4.69. The van der Waals surface area contributed by atoms with Crippen molar-refractivity contribution in [1.29, 1.82) is 0 Å². The van der Waals surface area contributed by atoms with E-state index in [0.29, 0.717) is 36.2 Å². The van der Waals surface area contributed by atoms with E-state index in [2.05, 4.69) is 35.1 Å². The lowest BCUT2D eigenvalue weighted by molar-refractivity contribution is 0.102. The van der Waals surface area contributed by atoms with Gasteiger partial charge >= 0.3 is 0 Å². The Hall–Kier alpha value is -1.70. The van der Waals surface area contributed by atoms with Gasteiger partial charge < -0.3 is 5.32 Å². The number of carbonyl (C=O) groups is 1. The van der Waals surface area contributed by atoms with E-state index in [-0.39, 0.29) is 10.8 Å². The average molecular weight is 451 g/mol. The predicted molar refractivity (Wildman–Crippen MR) is 110 cm³/mol. The summed E-state index contributed by atoms with van der Waals surface area (Å²) in [4.78, 5) is 12.7. The van der Waals surface area contributed by atoms with Gasteiger partial charge in [-0.25, -0.2) is 8.42 Å². The predicted octanol–water partition coefficient (Wildman–Crippen LogP) is 4.37. The minimum atomic E-state index is -3.62. The van der Waals surface area contributed by atoms with Crippen molar-refractivity contribution in [2.24, 2.45) is 11.8 Å². The van der Waals surface area contributed by atoms with E-state index in [1.54, 1.807) is 24.3 Å². The maximum Gasteiger partial charge on any atom is 0.255 e. The van der Waals surface area contributed by atoms with Crippen molar-refractivity contribution >= 4 is 37.5 Å². The first-order valence-electron chi connectivity index (χ1n) is 8.93. The van der Waals surface area contributed by atoms with Crippen LogP contribution in [0.25, 0.3) is 0 Å². The molecule has 27 heavy (non-hydrogen) atoms. The first kappa shape index (κ1) is 20.0. The molecule has 1 amide bonds. The minimum Gasteiger partial charge on any atom is -0.321 e. The van der Waals surface area contributed by atoms with Gasteiger partial charge in [0, 0.05) is 23.1 Å². The number of halogens is 1. The molecule has 2 atom stereocenters. The highest BCUT2D eigenvalue weighted by molar-refractivity contribution is 9.10. The summed E-state index contributed by atoms with van der Waals surface area (Å²) >= 11 is 3.39. The van der Waals surface area contributed by atoms with Crippen molar-refractivity contribution in [3.8, 4) is 0 Å². The van der Waals surface area contributed by atoms with Gasteiger partial charge in [-0.05, 0) is 64.5 Å². The number of para-hydroxylation sites is 1. The monoisotopic (exact) mass is 450 g/mol. The number of carbonyl (C=O) groups excluding carboxylic acids is 1. The molecule has 7 heteroatoms. The van der Waals surface area contributed by atoms with Crippen LogP contribution in [0.1, 0.15) is 30.6 Å². The number of amides is 1. The number of benzene rings is 2. The second-order valence-corrected chi connectivity index (χ2v) is 10.0. The zero-order valence-corrected chi connectivity index (χ0v) is 17.8. The Bertz CT molecular complexity index is 936. The van der Waals surface area contributed by atoms with Crippen LogP contribution in [0.4, 0.5) is 5.69 Å². The van der Waals surface area contributed by atoms with Gasteiger partial charge in [0.25, 0.3) is 5.91 Å². The highest BCUT2D eigenvalue weighted by Gasteiger charge is 2.31. The lowest BCUT2D eigenvalue weighted by Gasteiger charge is -2.34. The summed E-state index contributed by atoms with van der Waals surface area (Å²) in [6.07, 6.45) is 1.03. The largest absolute Gasteiger partial charge is 0.321 e. The second kappa shape index (κ2) is 8.12. The lowest BCUT2D eigenvalue weighted by Crippen LogP contribution is -2.42. The second-order valence-electron chi connectivity index (χ2n) is 7.23. The Morgan fingerprint density at radius 3 is 2.41 bits per heavy atom. The molecule has 144 valence electrons. The van der Waals surface area contributed by atoms with Crippen LogP contribution in [0.2, 0.25) is 0 Å². The summed E-state index contributed by atoms with van der Waals surface area (Å²) < 4.78 is 28.4. The average Bonchev–Trinajstić information content (AvgIpc) is 2.63. The van der Waals surface area contributed by atoms with Gasteiger partial charge in [-0.1, -0.05) is 32.0 Å². The molecule has 2 aromatic carbocycles. The smallest absolute Gasteiger partial charge is 0.255 e. The fourth-order valence-corrected chi connectivity index (χ4v) is 5.62. The van der Waals surface area contributed by atoms with Crippen LogP contribution < -0.4 is 5.32 Å². The molecule has 0 bridgehead atoms. The van der Waals surface area contributed by atoms with Crippen LogP contribution in [0.3, 0.4) is 0 Å². The molecule has 1 saturated heterocycles. The van der Waals surface area contributed by atoms with Crippen molar-refractivity contribution in [3.05, 3.63) is 58.6 Å². The molecule has 2 unspecified atom stereocenters. The number of nitrogens with zero attached hydrogens (tertiary/aromatic N) is 1. The molecule has 0 saturated carbocycles. The highest BCUT2D eigenvalue weighted by atomic mass is 79.9. The van der Waals surface area contributed by atoms with Crippen LogP contribution in [0.15, 0.2) is 57.9 Å². The Morgan fingerprint density at radius 2 is 1.74 bits per heavy atom. The molecule has 0 spiro atoms. The standard InChI is InChI=1S/C20H23BrN2O3S/c1-14-10-15(2)13-23(12-14)27(25,26)17-7-5-6-16(11-17)20(24)22-19-9-4-3-8-18(19)21/h3-9,11,14-15H,10,12-13H2,1-2H3,(H,22,24). The molecular weight excluding hydrogens is 428 g/mol. The fourth-order valence-electron chi connectivity index (χ4n) is 3.51. The Labute approximate surface area is 169 Å². The molecule has 5 nitrogen and oxygen atoms in total. The van der Waals surface area contributed by atoms with Crippen molar-refractivity contribution < 1.29 is 13.2 Å². The molecule has 3 rings (SSSR count). The van der Waals surface area contributed by atoms with Crippen LogP contribution in [-0.4, -0.2) is 31.7 Å². The third-order valence-corrected chi connectivity index (χ3v) is 7.21. The Balaban J connectivity index is 1.84. The Morgan fingerprint density at radius 1 is 1.07 bits per heavy atom. The van der Waals surface area contributed by atoms with E-state index in [0.717, 1.165) is 10.9 Å². The number of sulfonamides is 1. The quantitative estimate of drug-likeness (QED) is 0.751. The molecule has 0 radical (unpaired) electrons. The maximum atomic E-state index is 13.1. The van der Waals surface area contributed by atoms with Gasteiger partial charge in [0.15, 0.2) is 0 Å². The molecule has 0 aromatic heterocycles. The molecular formula is C20H23BrN2O3S. The summed E-state index contributed by atoms with van der Waals surface area (Å²) in [7, 11) is -3.62. The molecule has 1 N–H and O–H groups in total. The fraction of sp³-hybridized carbons (Fsp3) is 0.350. The SMILES string of the molecule is CC1CC(C)CN(S(=O)(=O)c2cccc(C(=O)Nc3ccccc3Br)c2)C1. The van der Waals surface area contributed by atoms with Crippen molar-refractivity contribution in [3.63, 3.8) is 0 Å². The Kier molecular flexibility index (Phi) is 6.03. The third kappa shape index (κ3) is 4.59. The number of rotatable bonds is 4. The van der Waals surface area contributed by atoms with E-state index in [1.807, 2.05) is 18.2 Å². The zero-order chi connectivity index (χ0) is 19.6. The summed E-state index contributed by atoms with van der Waals surface area (Å²) in [6, 6.07) is 13.5. The number of nitrogens with one attached hydrogen (secondary N) is 1. The number of hydrogen-bond acceptors (Lipinski definition) is 3. The summed E-state index contributed by atoms with van der Waals surface area (Å²) in [6.45, 7) is 5.17. The number of anilines is 1. The maximum absolute atomic E-state index is 13.1. The van der Waals surface area contributed by atoms with Crippen LogP contribution in [0, 0.1) is 11.8 Å². The van der Waals surface area contributed by atoms with Crippen molar-refractivity contribution in [2.45, 2.75) is 25.2 Å². The van der Waals surface area contributed by atoms with Gasteiger partial charge in [0.2, 0.25) is 10.0 Å². The first-order chi connectivity index (χ1) is 12.8. The molecule has 1 heterocycles. The van der Waals surface area contributed by atoms with Crippen LogP contribution >= 0.6 is 15.9 Å². The molecule has 2 aromatic rings. The van der Waals surface area contributed by atoms with E-state index >= 15 is 0 Å². The van der Waals surface area contributed by atoms with E-state index in [9.17, 15) is 13.2 Å². The van der Waals surface area contributed by atoms with Crippen LogP contribution in [-0.2, 0) is 10.0 Å². The van der Waals surface area contributed by atoms with Crippen LogP contribution in [0.5, 0.6) is 0 Å². The highest BCUT2D eigenvalue weighted by Crippen LogP contribution is 2.27. The van der Waals surface area contributed by atoms with Crippen molar-refractivity contribution in [1.82, 2.24) is 4.31 Å². The number of hydrogen-bond donors (Lipinski definition) is 1. The lowest BCUT2D eigenvalue weighted by atomic mass is 9.94. The molecule has 1 fully saturated rings. The molecule has 0 aliphatic carbocycles. The van der Waals surface area contributed by atoms with E-state index < -0.39 is 10.0 Å². The van der Waals surface area contributed by atoms with Gasteiger partial charge in [-0.2, -0.15) is 4.31 Å². The molecule has 1 aliphatic rings. The number of piperidine rings is 1. The zero-order valence-electron chi connectivity index (χ0n) is 15.4. The van der Waals surface area contributed by atoms with Gasteiger partial charge in [-0.15, -0.1) is 0 Å². The van der Waals surface area contributed by atoms with Crippen molar-refractivity contribution in [2.75, 3.05) is 18.4 Å². The normalized spacial score (nSPS) is 21.0. The minimum absolute atomic E-state index is 0.156. The molecule has 1 aliphatic heterocycles. The summed E-state index contributed by atoms with van der Waals surface area (Å²) in [5, 5.41) is 2.80.